The van der Waals surface area contributed by atoms with Crippen LogP contribution in [0.25, 0.3) is 0 Å². The van der Waals surface area contributed by atoms with Gasteiger partial charge in [-0.05, 0) is 33.1 Å². The number of carbonyl (C=O) groups excluding carboxylic acids is 1. The molecule has 18 heavy (non-hydrogen) atoms. The molecule has 0 aliphatic rings. The molecule has 0 spiro atoms. The van der Waals surface area contributed by atoms with Gasteiger partial charge in [-0.1, -0.05) is 13.8 Å². The van der Waals surface area contributed by atoms with Crippen molar-refractivity contribution in [1.82, 2.24) is 10.6 Å². The molecule has 0 radical (unpaired) electrons. The van der Waals surface area contributed by atoms with Crippen LogP contribution in [0.2, 0.25) is 0 Å². The fraction of sp³-hybridized carbons (Fsp3) is 0.923. The maximum Gasteiger partial charge on any atom is 0.407 e. The maximum atomic E-state index is 11.3. The van der Waals surface area contributed by atoms with Crippen molar-refractivity contribution in [3.05, 3.63) is 0 Å². The monoisotopic (exact) mass is 260 g/mol. The molecular weight excluding hydrogens is 232 g/mol. The molecule has 1 amide bonds. The third-order valence-electron chi connectivity index (χ3n) is 2.20. The number of alkyl carbamates (subject to hydrolysis) is 1. The molecular formula is C13H28N2O3. The van der Waals surface area contributed by atoms with Crippen molar-refractivity contribution in [3.63, 3.8) is 0 Å². The first-order chi connectivity index (χ1) is 8.24. The number of aliphatic hydroxyl groups excluding tert-OH is 1. The topological polar surface area (TPSA) is 70.6 Å². The number of amides is 1. The van der Waals surface area contributed by atoms with Crippen LogP contribution in [0.3, 0.4) is 0 Å². The molecule has 0 aromatic heterocycles. The molecule has 5 heteroatoms. The summed E-state index contributed by atoms with van der Waals surface area (Å²) in [5, 5.41) is 15.0. The van der Waals surface area contributed by atoms with E-state index in [1.54, 1.807) is 0 Å². The van der Waals surface area contributed by atoms with Crippen LogP contribution in [0.15, 0.2) is 0 Å². The Labute approximate surface area is 110 Å². The molecule has 5 nitrogen and oxygen atoms in total. The summed E-state index contributed by atoms with van der Waals surface area (Å²) in [7, 11) is 0. The van der Waals surface area contributed by atoms with Gasteiger partial charge in [0.1, 0.15) is 5.60 Å². The number of nitrogens with one attached hydrogen (secondary N) is 2. The van der Waals surface area contributed by atoms with Crippen LogP contribution < -0.4 is 10.6 Å². The predicted molar refractivity (Wildman–Crippen MR) is 72.6 cm³/mol. The molecule has 1 atom stereocenters. The summed E-state index contributed by atoms with van der Waals surface area (Å²) >= 11 is 0. The number of rotatable bonds is 7. The number of hydrogen-bond donors (Lipinski definition) is 3. The van der Waals surface area contributed by atoms with Gasteiger partial charge in [0.05, 0.1) is 6.61 Å². The van der Waals surface area contributed by atoms with Crippen LogP contribution in [-0.2, 0) is 4.74 Å². The summed E-state index contributed by atoms with van der Waals surface area (Å²) < 4.78 is 5.11. The highest BCUT2D eigenvalue weighted by atomic mass is 16.6. The van der Waals surface area contributed by atoms with Crippen LogP contribution in [0.4, 0.5) is 4.79 Å². The van der Waals surface area contributed by atoms with E-state index < -0.39 is 11.7 Å². The summed E-state index contributed by atoms with van der Waals surface area (Å²) in [6.45, 7) is 10.9. The molecule has 0 fully saturated rings. The predicted octanol–water partition coefficient (Wildman–Crippen LogP) is 1.51. The van der Waals surface area contributed by atoms with Gasteiger partial charge in [0.15, 0.2) is 0 Å². The molecule has 0 unspecified atom stereocenters. The lowest BCUT2D eigenvalue weighted by Crippen LogP contribution is -2.41. The molecule has 108 valence electrons. The second kappa shape index (κ2) is 8.32. The van der Waals surface area contributed by atoms with E-state index in [0.29, 0.717) is 19.0 Å². The van der Waals surface area contributed by atoms with E-state index in [2.05, 4.69) is 24.5 Å². The first kappa shape index (κ1) is 17.2. The number of carbonyl (C=O) groups is 1. The van der Waals surface area contributed by atoms with E-state index in [9.17, 15) is 4.79 Å². The van der Waals surface area contributed by atoms with Gasteiger partial charge in [0.25, 0.3) is 0 Å². The molecule has 0 rings (SSSR count). The fourth-order valence-corrected chi connectivity index (χ4v) is 1.55. The maximum absolute atomic E-state index is 11.3. The Balaban J connectivity index is 3.68. The molecule has 0 aliphatic heterocycles. The first-order valence-corrected chi connectivity index (χ1v) is 6.55. The highest BCUT2D eigenvalue weighted by Gasteiger charge is 2.15. The van der Waals surface area contributed by atoms with E-state index in [0.717, 1.165) is 6.42 Å². The number of ether oxygens (including phenoxy) is 1. The minimum Gasteiger partial charge on any atom is -0.444 e. The summed E-state index contributed by atoms with van der Waals surface area (Å²) in [5.74, 6) is 0.536. The Kier molecular flexibility index (Phi) is 7.95. The summed E-state index contributed by atoms with van der Waals surface area (Å²) in [6, 6.07) is 0.0884. The van der Waals surface area contributed by atoms with Crippen molar-refractivity contribution in [2.45, 2.75) is 52.7 Å². The van der Waals surface area contributed by atoms with Crippen LogP contribution >= 0.6 is 0 Å². The van der Waals surface area contributed by atoms with E-state index in [4.69, 9.17) is 9.84 Å². The molecule has 0 aliphatic carbocycles. The smallest absolute Gasteiger partial charge is 0.407 e. The fourth-order valence-electron chi connectivity index (χ4n) is 1.55. The van der Waals surface area contributed by atoms with Crippen LogP contribution in [0, 0.1) is 5.92 Å². The van der Waals surface area contributed by atoms with Gasteiger partial charge in [-0.15, -0.1) is 0 Å². The molecule has 3 N–H and O–H groups in total. The van der Waals surface area contributed by atoms with Gasteiger partial charge in [0.2, 0.25) is 0 Å². The lowest BCUT2D eigenvalue weighted by atomic mass is 10.0. The second-order valence-electron chi connectivity index (χ2n) is 5.89. The third kappa shape index (κ3) is 10.4. The van der Waals surface area contributed by atoms with Crippen molar-refractivity contribution >= 4 is 6.09 Å². The number of hydrogen-bond acceptors (Lipinski definition) is 4. The third-order valence-corrected chi connectivity index (χ3v) is 2.20. The van der Waals surface area contributed by atoms with Crippen LogP contribution in [-0.4, -0.2) is 42.5 Å². The van der Waals surface area contributed by atoms with Crippen molar-refractivity contribution < 1.29 is 14.6 Å². The quantitative estimate of drug-likeness (QED) is 0.607. The van der Waals surface area contributed by atoms with Crippen molar-refractivity contribution in [3.8, 4) is 0 Å². The highest BCUT2D eigenvalue weighted by Crippen LogP contribution is 2.06. The SMILES string of the molecule is CC(C)C[C@@H](CO)NCCNC(=O)OC(C)(C)C. The lowest BCUT2D eigenvalue weighted by molar-refractivity contribution is 0.0527. The number of aliphatic hydroxyl groups is 1. The molecule has 0 aromatic rings. The normalized spacial score (nSPS) is 13.5. The Bertz CT molecular complexity index is 237. The largest absolute Gasteiger partial charge is 0.444 e. The first-order valence-electron chi connectivity index (χ1n) is 6.55. The van der Waals surface area contributed by atoms with Gasteiger partial charge in [-0.2, -0.15) is 0 Å². The molecule has 0 saturated heterocycles. The standard InChI is InChI=1S/C13H28N2O3/c1-10(2)8-11(9-16)14-6-7-15-12(17)18-13(3,4)5/h10-11,14,16H,6-9H2,1-5H3,(H,15,17)/t11-/m0/s1. The summed E-state index contributed by atoms with van der Waals surface area (Å²) in [6.07, 6.45) is 0.511. The van der Waals surface area contributed by atoms with Crippen molar-refractivity contribution in [1.29, 1.82) is 0 Å². The Hall–Kier alpha value is -0.810. The van der Waals surface area contributed by atoms with Gasteiger partial charge < -0.3 is 20.5 Å². The van der Waals surface area contributed by atoms with E-state index in [1.165, 1.54) is 0 Å². The zero-order valence-electron chi connectivity index (χ0n) is 12.2. The van der Waals surface area contributed by atoms with E-state index >= 15 is 0 Å². The Morgan fingerprint density at radius 2 is 1.89 bits per heavy atom. The zero-order valence-corrected chi connectivity index (χ0v) is 12.2. The summed E-state index contributed by atoms with van der Waals surface area (Å²) in [4.78, 5) is 11.3. The van der Waals surface area contributed by atoms with Crippen molar-refractivity contribution in [2.24, 2.45) is 5.92 Å². The minimum absolute atomic E-state index is 0.0884. The molecule has 0 heterocycles. The second-order valence-corrected chi connectivity index (χ2v) is 5.89. The molecule has 0 bridgehead atoms. The van der Waals surface area contributed by atoms with Gasteiger partial charge in [-0.3, -0.25) is 0 Å². The summed E-state index contributed by atoms with van der Waals surface area (Å²) in [5.41, 5.74) is -0.469. The zero-order chi connectivity index (χ0) is 14.2. The molecule has 0 aromatic carbocycles. The molecule has 0 saturated carbocycles. The average molecular weight is 260 g/mol. The Morgan fingerprint density at radius 1 is 1.28 bits per heavy atom. The Morgan fingerprint density at radius 3 is 2.33 bits per heavy atom. The van der Waals surface area contributed by atoms with Gasteiger partial charge in [-0.25, -0.2) is 4.79 Å². The lowest BCUT2D eigenvalue weighted by Gasteiger charge is -2.21. The minimum atomic E-state index is -0.469. The average Bonchev–Trinajstić information content (AvgIpc) is 2.19. The van der Waals surface area contributed by atoms with E-state index in [1.807, 2.05) is 20.8 Å². The van der Waals surface area contributed by atoms with Gasteiger partial charge >= 0.3 is 6.09 Å². The highest BCUT2D eigenvalue weighted by molar-refractivity contribution is 5.67. The van der Waals surface area contributed by atoms with Crippen molar-refractivity contribution in [2.75, 3.05) is 19.7 Å². The van der Waals surface area contributed by atoms with Gasteiger partial charge in [0, 0.05) is 19.1 Å². The van der Waals surface area contributed by atoms with E-state index in [-0.39, 0.29) is 12.6 Å². The van der Waals surface area contributed by atoms with Crippen LogP contribution in [0.5, 0.6) is 0 Å². The van der Waals surface area contributed by atoms with Crippen LogP contribution in [0.1, 0.15) is 41.0 Å².